The molecule has 0 radical (unpaired) electrons. The topological polar surface area (TPSA) is 34.8 Å². The van der Waals surface area contributed by atoms with Crippen molar-refractivity contribution in [1.82, 2.24) is 14.1 Å². The number of rotatable bonds is 4. The third kappa shape index (κ3) is 3.49. The van der Waals surface area contributed by atoms with Crippen molar-refractivity contribution in [2.24, 2.45) is 0 Å². The zero-order chi connectivity index (χ0) is 25.8. The number of fused-ring (bicyclic) bond motifs is 6. The number of para-hydroxylation sites is 2. The highest BCUT2D eigenvalue weighted by atomic mass is 15.0. The summed E-state index contributed by atoms with van der Waals surface area (Å²) in [7, 11) is 0. The molecule has 4 nitrogen and oxygen atoms in total. The summed E-state index contributed by atoms with van der Waals surface area (Å²) in [6.45, 7) is 0.867. The standard InChI is InChI=1S/C35H26N4/c1-3-9-30-28(7-1)34-32(11-5-21-36-34)38(30)26-17-13-24(14-18-26)23-25-15-19-27(20-16-25)39-31-10-4-2-8-29(31)35-33(39)12-6-22-37-35/h1-21,37H,22-23H2. The number of nitrogens with one attached hydrogen (secondary N) is 1. The van der Waals surface area contributed by atoms with Gasteiger partial charge in [-0.1, -0.05) is 66.7 Å². The SMILES string of the molecule is C1=Cc2c(c3ccccc3n2-c2ccc(Cc3ccc(-n4c5ccccc5c5ncccc54)cc3)cc2)NC1. The third-order valence-corrected chi connectivity index (χ3v) is 7.81. The molecule has 4 aromatic carbocycles. The van der Waals surface area contributed by atoms with E-state index < -0.39 is 0 Å². The summed E-state index contributed by atoms with van der Waals surface area (Å²) in [5, 5.41) is 6.01. The molecule has 0 unspecified atom stereocenters. The Morgan fingerprint density at radius 3 is 1.97 bits per heavy atom. The van der Waals surface area contributed by atoms with E-state index in [1.807, 2.05) is 12.3 Å². The molecule has 0 aliphatic carbocycles. The molecule has 0 bridgehead atoms. The highest BCUT2D eigenvalue weighted by molar-refractivity contribution is 6.07. The van der Waals surface area contributed by atoms with Crippen molar-refractivity contribution in [3.8, 4) is 11.4 Å². The first kappa shape index (κ1) is 21.9. The maximum atomic E-state index is 4.67. The monoisotopic (exact) mass is 502 g/mol. The van der Waals surface area contributed by atoms with Gasteiger partial charge in [0.25, 0.3) is 0 Å². The van der Waals surface area contributed by atoms with Crippen LogP contribution in [0.1, 0.15) is 16.8 Å². The van der Waals surface area contributed by atoms with E-state index in [9.17, 15) is 0 Å². The summed E-state index contributed by atoms with van der Waals surface area (Å²) in [6.07, 6.45) is 7.18. The Balaban J connectivity index is 1.11. The van der Waals surface area contributed by atoms with Crippen LogP contribution in [0.15, 0.2) is 121 Å². The van der Waals surface area contributed by atoms with E-state index in [0.29, 0.717) is 0 Å². The van der Waals surface area contributed by atoms with Crippen molar-refractivity contribution >= 4 is 44.6 Å². The molecule has 0 atom stereocenters. The fourth-order valence-corrected chi connectivity index (χ4v) is 6.04. The van der Waals surface area contributed by atoms with Gasteiger partial charge in [-0.2, -0.15) is 0 Å². The number of pyridine rings is 1. The van der Waals surface area contributed by atoms with Gasteiger partial charge in [-0.25, -0.2) is 0 Å². The van der Waals surface area contributed by atoms with Gasteiger partial charge in [0.1, 0.15) is 0 Å². The molecule has 1 aliphatic rings. The van der Waals surface area contributed by atoms with Gasteiger partial charge in [-0.15, -0.1) is 0 Å². The maximum Gasteiger partial charge on any atom is 0.0963 e. The Morgan fingerprint density at radius 1 is 0.615 bits per heavy atom. The van der Waals surface area contributed by atoms with Crippen molar-refractivity contribution in [2.45, 2.75) is 6.42 Å². The van der Waals surface area contributed by atoms with Crippen LogP contribution >= 0.6 is 0 Å². The van der Waals surface area contributed by atoms with Crippen LogP contribution in [0.4, 0.5) is 5.69 Å². The lowest BCUT2D eigenvalue weighted by Crippen LogP contribution is -2.05. The average molecular weight is 503 g/mol. The van der Waals surface area contributed by atoms with E-state index in [4.69, 9.17) is 0 Å². The molecule has 0 saturated carbocycles. The number of hydrogen-bond donors (Lipinski definition) is 1. The Hall–Kier alpha value is -5.09. The van der Waals surface area contributed by atoms with E-state index in [1.165, 1.54) is 50.0 Å². The van der Waals surface area contributed by atoms with Crippen molar-refractivity contribution in [3.63, 3.8) is 0 Å². The molecule has 3 aromatic heterocycles. The van der Waals surface area contributed by atoms with Crippen LogP contribution in [0.5, 0.6) is 0 Å². The van der Waals surface area contributed by atoms with Crippen molar-refractivity contribution < 1.29 is 0 Å². The molecular weight excluding hydrogens is 476 g/mol. The van der Waals surface area contributed by atoms with Crippen LogP contribution in [-0.2, 0) is 6.42 Å². The molecular formula is C35H26N4. The van der Waals surface area contributed by atoms with E-state index >= 15 is 0 Å². The van der Waals surface area contributed by atoms with Crippen LogP contribution < -0.4 is 5.32 Å². The lowest BCUT2D eigenvalue weighted by molar-refractivity contribution is 1.09. The van der Waals surface area contributed by atoms with Crippen LogP contribution in [-0.4, -0.2) is 20.7 Å². The minimum absolute atomic E-state index is 0.867. The van der Waals surface area contributed by atoms with Crippen LogP contribution in [0, 0.1) is 0 Å². The average Bonchev–Trinajstić information content (AvgIpc) is 3.51. The third-order valence-electron chi connectivity index (χ3n) is 7.81. The smallest absolute Gasteiger partial charge is 0.0963 e. The molecule has 0 spiro atoms. The first-order chi connectivity index (χ1) is 19.3. The minimum Gasteiger partial charge on any atom is -0.379 e. The fraction of sp³-hybridized carbons (Fsp3) is 0.0571. The second kappa shape index (κ2) is 8.74. The normalized spacial score (nSPS) is 12.7. The number of nitrogens with zero attached hydrogens (tertiary/aromatic N) is 3. The predicted molar refractivity (Wildman–Crippen MR) is 162 cm³/mol. The summed E-state index contributed by atoms with van der Waals surface area (Å²) in [6, 6.07) is 39.2. The van der Waals surface area contributed by atoms with E-state index in [-0.39, 0.29) is 0 Å². The molecule has 186 valence electrons. The molecule has 8 rings (SSSR count). The number of aromatic nitrogens is 3. The highest BCUT2D eigenvalue weighted by Crippen LogP contribution is 2.36. The molecule has 0 amide bonds. The van der Waals surface area contributed by atoms with Gasteiger partial charge in [-0.05, 0) is 72.2 Å². The van der Waals surface area contributed by atoms with Gasteiger partial charge in [-0.3, -0.25) is 4.98 Å². The number of anilines is 1. The summed E-state index contributed by atoms with van der Waals surface area (Å²) < 4.78 is 4.66. The largest absolute Gasteiger partial charge is 0.379 e. The van der Waals surface area contributed by atoms with Crippen LogP contribution in [0.25, 0.3) is 50.3 Å². The predicted octanol–water partition coefficient (Wildman–Crippen LogP) is 8.15. The molecule has 1 aliphatic heterocycles. The Labute approximate surface area is 226 Å². The molecule has 0 saturated heterocycles. The molecule has 4 heterocycles. The molecule has 0 fully saturated rings. The van der Waals surface area contributed by atoms with E-state index in [1.54, 1.807) is 0 Å². The van der Waals surface area contributed by atoms with E-state index in [2.05, 4.69) is 135 Å². The molecule has 4 heteroatoms. The van der Waals surface area contributed by atoms with Crippen LogP contribution in [0.3, 0.4) is 0 Å². The zero-order valence-corrected chi connectivity index (χ0v) is 21.4. The summed E-state index contributed by atoms with van der Waals surface area (Å²) in [5.74, 6) is 0. The minimum atomic E-state index is 0.867. The second-order valence-corrected chi connectivity index (χ2v) is 10.1. The fourth-order valence-electron chi connectivity index (χ4n) is 6.04. The second-order valence-electron chi connectivity index (χ2n) is 10.1. The van der Waals surface area contributed by atoms with Crippen LogP contribution in [0.2, 0.25) is 0 Å². The van der Waals surface area contributed by atoms with E-state index in [0.717, 1.165) is 29.7 Å². The Kier molecular flexibility index (Phi) is 4.92. The van der Waals surface area contributed by atoms with Gasteiger partial charge in [0, 0.05) is 34.9 Å². The first-order valence-electron chi connectivity index (χ1n) is 13.4. The van der Waals surface area contributed by atoms with Crippen molar-refractivity contribution in [3.05, 3.63) is 138 Å². The first-order valence-corrected chi connectivity index (χ1v) is 13.4. The van der Waals surface area contributed by atoms with Crippen molar-refractivity contribution in [2.75, 3.05) is 11.9 Å². The lowest BCUT2D eigenvalue weighted by Gasteiger charge is -2.14. The zero-order valence-electron chi connectivity index (χ0n) is 21.4. The van der Waals surface area contributed by atoms with Crippen molar-refractivity contribution in [1.29, 1.82) is 0 Å². The molecule has 1 N–H and O–H groups in total. The number of benzene rings is 4. The quantitative estimate of drug-likeness (QED) is 0.264. The summed E-state index contributed by atoms with van der Waals surface area (Å²) in [4.78, 5) is 4.67. The maximum absolute atomic E-state index is 4.67. The van der Waals surface area contributed by atoms with Gasteiger partial charge in [0.2, 0.25) is 0 Å². The van der Waals surface area contributed by atoms with Gasteiger partial charge >= 0.3 is 0 Å². The lowest BCUT2D eigenvalue weighted by atomic mass is 10.0. The Morgan fingerprint density at radius 2 is 1.23 bits per heavy atom. The van der Waals surface area contributed by atoms with Gasteiger partial charge < -0.3 is 14.5 Å². The molecule has 7 aromatic rings. The summed E-state index contributed by atoms with van der Waals surface area (Å²) >= 11 is 0. The number of hydrogen-bond acceptors (Lipinski definition) is 2. The summed E-state index contributed by atoms with van der Waals surface area (Å²) in [5.41, 5.74) is 11.9. The van der Waals surface area contributed by atoms with Gasteiger partial charge in [0.15, 0.2) is 0 Å². The Bertz CT molecular complexity index is 1970. The highest BCUT2D eigenvalue weighted by Gasteiger charge is 2.18. The molecule has 39 heavy (non-hydrogen) atoms. The van der Waals surface area contributed by atoms with Gasteiger partial charge in [0.05, 0.1) is 33.4 Å².